The predicted molar refractivity (Wildman–Crippen MR) is 216 cm³/mol. The van der Waals surface area contributed by atoms with Crippen molar-refractivity contribution in [2.45, 2.75) is 148 Å². The summed E-state index contributed by atoms with van der Waals surface area (Å²) in [4.78, 5) is 50.0. The van der Waals surface area contributed by atoms with E-state index >= 15 is 0 Å². The number of nitrogens with one attached hydrogen (secondary N) is 3. The summed E-state index contributed by atoms with van der Waals surface area (Å²) in [5.41, 5.74) is 6.81. The molecule has 1 aliphatic carbocycles. The van der Waals surface area contributed by atoms with Crippen LogP contribution >= 0.6 is 0 Å². The van der Waals surface area contributed by atoms with Crippen molar-refractivity contribution in [3.63, 3.8) is 0 Å². The second-order valence-corrected chi connectivity index (χ2v) is 13.2. The lowest BCUT2D eigenvalue weighted by molar-refractivity contribution is -0.145. The minimum Gasteiger partial charge on any atom is -0.467 e. The van der Waals surface area contributed by atoms with Crippen molar-refractivity contribution in [3.8, 4) is 0 Å². The van der Waals surface area contributed by atoms with E-state index in [0.717, 1.165) is 51.4 Å². The minimum atomic E-state index is -0.847. The van der Waals surface area contributed by atoms with E-state index in [1.807, 2.05) is 19.9 Å². The molecule has 53 heavy (non-hydrogen) atoms. The van der Waals surface area contributed by atoms with Gasteiger partial charge in [-0.3, -0.25) is 14.4 Å². The van der Waals surface area contributed by atoms with Gasteiger partial charge in [0.05, 0.1) is 25.4 Å². The van der Waals surface area contributed by atoms with E-state index in [9.17, 15) is 19.2 Å². The summed E-state index contributed by atoms with van der Waals surface area (Å²) < 4.78 is 11.2. The number of carbonyl (C=O) groups excluding carboxylic acids is 4. The van der Waals surface area contributed by atoms with Gasteiger partial charge in [0.25, 0.3) is 0 Å². The van der Waals surface area contributed by atoms with Crippen molar-refractivity contribution in [1.29, 1.82) is 0 Å². The Kier molecular flexibility index (Phi) is 27.0. The van der Waals surface area contributed by atoms with E-state index in [0.29, 0.717) is 44.2 Å². The van der Waals surface area contributed by atoms with Crippen LogP contribution in [-0.4, -0.2) is 67.7 Å². The molecule has 3 amide bonds. The SMILES string of the molecule is CCC=CCC=CCC=CCC=CCC=CCC=CCCC(=O)NCCCCC(NC(=O)C1=C[C@@H](OC(CC)CC)[C@H](NC(C)=O)[C@@H](N)C1)C(=O)OC. The largest absolute Gasteiger partial charge is 0.467 e. The van der Waals surface area contributed by atoms with Gasteiger partial charge in [0.1, 0.15) is 6.04 Å². The summed E-state index contributed by atoms with van der Waals surface area (Å²) in [6.07, 6.45) is 37.2. The molecular formula is C43H68N4O6. The van der Waals surface area contributed by atoms with Gasteiger partial charge in [-0.2, -0.15) is 0 Å². The van der Waals surface area contributed by atoms with Gasteiger partial charge in [0.15, 0.2) is 0 Å². The van der Waals surface area contributed by atoms with Gasteiger partial charge in [-0.05, 0) is 89.5 Å². The lowest BCUT2D eigenvalue weighted by Crippen LogP contribution is -2.57. The summed E-state index contributed by atoms with van der Waals surface area (Å²) >= 11 is 0. The van der Waals surface area contributed by atoms with Crippen LogP contribution in [0.15, 0.2) is 84.6 Å². The topological polar surface area (TPSA) is 149 Å². The Morgan fingerprint density at radius 1 is 0.830 bits per heavy atom. The predicted octanol–water partition coefficient (Wildman–Crippen LogP) is 7.14. The van der Waals surface area contributed by atoms with Crippen LogP contribution in [0.2, 0.25) is 0 Å². The summed E-state index contributed by atoms with van der Waals surface area (Å²) in [6, 6.07) is -1.86. The zero-order chi connectivity index (χ0) is 39.1. The molecule has 0 heterocycles. The minimum absolute atomic E-state index is 0.0225. The fourth-order valence-corrected chi connectivity index (χ4v) is 5.70. The Morgan fingerprint density at radius 2 is 1.38 bits per heavy atom. The molecule has 0 bridgehead atoms. The Hall–Kier alpha value is -4.02. The van der Waals surface area contributed by atoms with Gasteiger partial charge in [-0.15, -0.1) is 0 Å². The normalized spacial score (nSPS) is 18.5. The number of hydrogen-bond acceptors (Lipinski definition) is 7. The lowest BCUT2D eigenvalue weighted by Gasteiger charge is -2.37. The zero-order valence-electron chi connectivity index (χ0n) is 33.0. The molecule has 0 aliphatic heterocycles. The number of unbranched alkanes of at least 4 members (excludes halogenated alkanes) is 1. The molecule has 5 N–H and O–H groups in total. The number of ether oxygens (including phenoxy) is 2. The highest BCUT2D eigenvalue weighted by Crippen LogP contribution is 2.24. The molecular weight excluding hydrogens is 668 g/mol. The lowest BCUT2D eigenvalue weighted by atomic mass is 9.87. The summed E-state index contributed by atoms with van der Waals surface area (Å²) in [5, 5.41) is 8.60. The number of methoxy groups -OCH3 is 1. The molecule has 0 saturated carbocycles. The van der Waals surface area contributed by atoms with Crippen LogP contribution in [0, 0.1) is 0 Å². The van der Waals surface area contributed by atoms with E-state index in [1.54, 1.807) is 6.08 Å². The third-order valence-corrected chi connectivity index (χ3v) is 8.73. The first-order valence-corrected chi connectivity index (χ1v) is 19.6. The van der Waals surface area contributed by atoms with Crippen molar-refractivity contribution in [2.24, 2.45) is 5.73 Å². The number of nitrogens with two attached hydrogens (primary N) is 1. The van der Waals surface area contributed by atoms with E-state index in [2.05, 4.69) is 89.7 Å². The summed E-state index contributed by atoms with van der Waals surface area (Å²) in [6.45, 7) is 8.07. The maximum Gasteiger partial charge on any atom is 0.328 e. The van der Waals surface area contributed by atoms with E-state index in [1.165, 1.54) is 14.0 Å². The van der Waals surface area contributed by atoms with Crippen LogP contribution in [0.25, 0.3) is 0 Å². The second-order valence-electron chi connectivity index (χ2n) is 13.2. The maximum absolute atomic E-state index is 13.3. The highest BCUT2D eigenvalue weighted by Gasteiger charge is 2.36. The molecule has 1 rings (SSSR count). The van der Waals surface area contributed by atoms with Crippen molar-refractivity contribution in [3.05, 3.63) is 84.6 Å². The Labute approximate surface area is 319 Å². The quantitative estimate of drug-likeness (QED) is 0.0398. The molecule has 4 atom stereocenters. The number of hydrogen-bond donors (Lipinski definition) is 4. The van der Waals surface area contributed by atoms with Crippen molar-refractivity contribution in [2.75, 3.05) is 13.7 Å². The van der Waals surface area contributed by atoms with E-state index < -0.39 is 36.1 Å². The van der Waals surface area contributed by atoms with E-state index in [4.69, 9.17) is 15.2 Å². The van der Waals surface area contributed by atoms with Gasteiger partial charge in [-0.25, -0.2) is 4.79 Å². The second kappa shape index (κ2) is 30.4. The number of allylic oxidation sites excluding steroid dienone is 12. The molecule has 1 aliphatic rings. The van der Waals surface area contributed by atoms with E-state index in [-0.39, 0.29) is 24.3 Å². The maximum atomic E-state index is 13.3. The van der Waals surface area contributed by atoms with Crippen molar-refractivity contribution in [1.82, 2.24) is 16.0 Å². The van der Waals surface area contributed by atoms with Crippen molar-refractivity contribution < 1.29 is 28.7 Å². The van der Waals surface area contributed by atoms with Crippen LogP contribution in [0.4, 0.5) is 0 Å². The first-order chi connectivity index (χ1) is 25.7. The molecule has 0 spiro atoms. The molecule has 0 aromatic heterocycles. The fraction of sp³-hybridized carbons (Fsp3) is 0.581. The molecule has 0 aromatic carbocycles. The third-order valence-electron chi connectivity index (χ3n) is 8.73. The number of carbonyl (C=O) groups is 4. The third kappa shape index (κ3) is 22.6. The molecule has 0 fully saturated rings. The Morgan fingerprint density at radius 3 is 1.89 bits per heavy atom. The summed E-state index contributed by atoms with van der Waals surface area (Å²) in [5.74, 6) is -1.21. The molecule has 10 nitrogen and oxygen atoms in total. The monoisotopic (exact) mass is 737 g/mol. The van der Waals surface area contributed by atoms with Gasteiger partial charge in [0, 0.05) is 31.5 Å². The van der Waals surface area contributed by atoms with Gasteiger partial charge >= 0.3 is 5.97 Å². The first kappa shape index (κ1) is 47.0. The van der Waals surface area contributed by atoms with Gasteiger partial charge in [0.2, 0.25) is 17.7 Å². The smallest absolute Gasteiger partial charge is 0.328 e. The Bertz CT molecular complexity index is 1280. The standard InChI is InChI=1S/C43H68N4O6/c1-6-9-10-11-12-13-14-15-16-17-18-19-20-21-22-23-24-25-26-30-40(49)45-31-28-27-29-38(43(51)52-5)47-42(50)35-32-37(44)41(46-34(4)48)39(33-35)53-36(7-2)8-3/h9-10,12-13,15-16,18-19,21-22,24-25,33,36-39,41H,6-8,11,14,17,20,23,26-32,44H2,1-5H3,(H,45,49)(H,46,48)(H,47,50)/t37-,38?,39+,41+/m0/s1. The van der Waals surface area contributed by atoms with Crippen LogP contribution in [0.3, 0.4) is 0 Å². The molecule has 1 unspecified atom stereocenters. The fourth-order valence-electron chi connectivity index (χ4n) is 5.70. The molecule has 0 saturated heterocycles. The molecule has 0 aromatic rings. The van der Waals surface area contributed by atoms with Gasteiger partial charge < -0.3 is 31.2 Å². The Balaban J connectivity index is 2.37. The first-order valence-electron chi connectivity index (χ1n) is 19.6. The number of esters is 1. The molecule has 0 radical (unpaired) electrons. The molecule has 296 valence electrons. The van der Waals surface area contributed by atoms with Crippen LogP contribution < -0.4 is 21.7 Å². The van der Waals surface area contributed by atoms with Crippen LogP contribution in [0.5, 0.6) is 0 Å². The molecule has 10 heteroatoms. The highest BCUT2D eigenvalue weighted by molar-refractivity contribution is 5.96. The van der Waals surface area contributed by atoms with Gasteiger partial charge in [-0.1, -0.05) is 93.7 Å². The van der Waals surface area contributed by atoms with Crippen LogP contribution in [-0.2, 0) is 28.7 Å². The average molecular weight is 737 g/mol. The number of amides is 3. The number of rotatable bonds is 27. The average Bonchev–Trinajstić information content (AvgIpc) is 3.14. The summed E-state index contributed by atoms with van der Waals surface area (Å²) in [7, 11) is 1.28. The highest BCUT2D eigenvalue weighted by atomic mass is 16.5. The van der Waals surface area contributed by atoms with Crippen LogP contribution in [0.1, 0.15) is 118 Å². The van der Waals surface area contributed by atoms with Crippen molar-refractivity contribution >= 4 is 23.7 Å². The zero-order valence-corrected chi connectivity index (χ0v) is 33.0.